The highest BCUT2D eigenvalue weighted by Crippen LogP contribution is 2.03. The molecule has 0 saturated carbocycles. The first-order valence-electron chi connectivity index (χ1n) is 4.98. The number of carboxylic acids is 1. The molecule has 0 spiro atoms. The Morgan fingerprint density at radius 2 is 2.33 bits per heavy atom. The van der Waals surface area contributed by atoms with Gasteiger partial charge in [0.2, 0.25) is 0 Å². The van der Waals surface area contributed by atoms with E-state index in [1.54, 1.807) is 0 Å². The third-order valence-electron chi connectivity index (χ3n) is 2.35. The molecule has 1 fully saturated rings. The average molecular weight is 216 g/mol. The lowest BCUT2D eigenvalue weighted by atomic mass is 10.2. The Morgan fingerprint density at radius 1 is 1.60 bits per heavy atom. The van der Waals surface area contributed by atoms with E-state index in [0.717, 1.165) is 19.6 Å². The van der Waals surface area contributed by atoms with Crippen LogP contribution < -0.4 is 5.32 Å². The number of nitrogens with one attached hydrogen (secondary N) is 1. The topological polar surface area (TPSA) is 78.9 Å². The van der Waals surface area contributed by atoms with Gasteiger partial charge in [-0.05, 0) is 6.54 Å². The fourth-order valence-electron chi connectivity index (χ4n) is 1.47. The van der Waals surface area contributed by atoms with Crippen LogP contribution in [0, 0.1) is 0 Å². The number of nitrogens with zero attached hydrogens (tertiary/aromatic N) is 1. The molecule has 1 unspecified atom stereocenters. The molecule has 1 saturated heterocycles. The molecular formula is C9H16N2O4. The van der Waals surface area contributed by atoms with E-state index >= 15 is 0 Å². The molecule has 15 heavy (non-hydrogen) atoms. The van der Waals surface area contributed by atoms with Crippen molar-refractivity contribution in [1.29, 1.82) is 0 Å². The number of rotatable bonds is 3. The van der Waals surface area contributed by atoms with Gasteiger partial charge in [-0.1, -0.05) is 6.92 Å². The lowest BCUT2D eigenvalue weighted by Gasteiger charge is -2.31. The normalized spacial score (nSPS) is 22.3. The van der Waals surface area contributed by atoms with Crippen LogP contribution in [0.1, 0.15) is 6.92 Å². The lowest BCUT2D eigenvalue weighted by molar-refractivity contribution is -0.150. The predicted octanol–water partition coefficient (Wildman–Crippen LogP) is -1.09. The van der Waals surface area contributed by atoms with Crippen molar-refractivity contribution in [3.05, 3.63) is 0 Å². The molecule has 1 rings (SSSR count). The van der Waals surface area contributed by atoms with Crippen LogP contribution in [0.15, 0.2) is 0 Å². The highest BCUT2D eigenvalue weighted by Gasteiger charge is 2.20. The maximum Gasteiger partial charge on any atom is 0.394 e. The number of aliphatic carboxylic acids is 1. The van der Waals surface area contributed by atoms with Crippen LogP contribution in [-0.2, 0) is 14.3 Å². The van der Waals surface area contributed by atoms with Crippen LogP contribution in [0.4, 0.5) is 0 Å². The first kappa shape index (κ1) is 11.9. The van der Waals surface area contributed by atoms with E-state index in [2.05, 4.69) is 17.1 Å². The number of hydrogen-bond donors (Lipinski definition) is 2. The van der Waals surface area contributed by atoms with Gasteiger partial charge in [0.05, 0.1) is 12.7 Å². The summed E-state index contributed by atoms with van der Waals surface area (Å²) in [5.41, 5.74) is 0. The van der Waals surface area contributed by atoms with E-state index in [1.165, 1.54) is 0 Å². The highest BCUT2D eigenvalue weighted by molar-refractivity contribution is 6.31. The van der Waals surface area contributed by atoms with Crippen molar-refractivity contribution in [2.24, 2.45) is 0 Å². The van der Waals surface area contributed by atoms with Crippen molar-refractivity contribution in [2.45, 2.75) is 13.0 Å². The molecule has 1 aliphatic heterocycles. The second-order valence-corrected chi connectivity index (χ2v) is 3.40. The summed E-state index contributed by atoms with van der Waals surface area (Å²) >= 11 is 0. The Morgan fingerprint density at radius 3 is 2.93 bits per heavy atom. The molecule has 6 nitrogen and oxygen atoms in total. The zero-order valence-corrected chi connectivity index (χ0v) is 8.73. The van der Waals surface area contributed by atoms with Gasteiger partial charge in [-0.15, -0.1) is 0 Å². The molecule has 0 radical (unpaired) electrons. The number of amides is 1. The van der Waals surface area contributed by atoms with E-state index in [4.69, 9.17) is 9.84 Å². The maximum atomic E-state index is 10.8. The van der Waals surface area contributed by atoms with Gasteiger partial charge in [0.25, 0.3) is 0 Å². The smallest absolute Gasteiger partial charge is 0.394 e. The molecule has 0 aromatic heterocycles. The number of carbonyl (C=O) groups is 2. The number of hydrogen-bond acceptors (Lipinski definition) is 4. The zero-order valence-electron chi connectivity index (χ0n) is 8.73. The Kier molecular flexibility index (Phi) is 4.51. The van der Waals surface area contributed by atoms with Gasteiger partial charge in [0.15, 0.2) is 0 Å². The van der Waals surface area contributed by atoms with Gasteiger partial charge < -0.3 is 15.2 Å². The molecule has 0 aromatic rings. The van der Waals surface area contributed by atoms with E-state index in [9.17, 15) is 9.59 Å². The molecule has 86 valence electrons. The van der Waals surface area contributed by atoms with E-state index < -0.39 is 11.9 Å². The summed E-state index contributed by atoms with van der Waals surface area (Å²) < 4.78 is 5.39. The number of morpholine rings is 1. The van der Waals surface area contributed by atoms with Crippen molar-refractivity contribution >= 4 is 11.9 Å². The van der Waals surface area contributed by atoms with Gasteiger partial charge in [0, 0.05) is 19.6 Å². The van der Waals surface area contributed by atoms with Crippen LogP contribution in [0.3, 0.4) is 0 Å². The summed E-state index contributed by atoms with van der Waals surface area (Å²) in [5.74, 6) is -2.44. The second-order valence-electron chi connectivity index (χ2n) is 3.40. The van der Waals surface area contributed by atoms with Gasteiger partial charge in [0.1, 0.15) is 0 Å². The first-order chi connectivity index (χ1) is 7.13. The molecule has 1 amide bonds. The molecule has 1 heterocycles. The Hall–Kier alpha value is -1.14. The van der Waals surface area contributed by atoms with E-state index in [0.29, 0.717) is 6.61 Å². The summed E-state index contributed by atoms with van der Waals surface area (Å²) in [7, 11) is 0. The molecule has 0 aliphatic carbocycles. The quantitative estimate of drug-likeness (QED) is 0.586. The number of ether oxygens (including phenoxy) is 1. The van der Waals surface area contributed by atoms with Crippen molar-refractivity contribution in [2.75, 3.05) is 32.8 Å². The minimum Gasteiger partial charge on any atom is -0.474 e. The average Bonchev–Trinajstić information content (AvgIpc) is 2.26. The summed E-state index contributed by atoms with van der Waals surface area (Å²) in [6, 6.07) is 0. The number of likely N-dealkylation sites (N-methyl/N-ethyl adjacent to an activating group) is 1. The summed E-state index contributed by atoms with van der Waals surface area (Å²) in [6.07, 6.45) is -0.109. The second kappa shape index (κ2) is 5.67. The number of carbonyl (C=O) groups excluding carboxylic acids is 1. The minimum atomic E-state index is -1.46. The third-order valence-corrected chi connectivity index (χ3v) is 2.35. The van der Waals surface area contributed by atoms with E-state index in [-0.39, 0.29) is 12.6 Å². The molecule has 1 aliphatic rings. The predicted molar refractivity (Wildman–Crippen MR) is 52.5 cm³/mol. The summed E-state index contributed by atoms with van der Waals surface area (Å²) in [6.45, 7) is 5.49. The molecule has 0 bridgehead atoms. The largest absolute Gasteiger partial charge is 0.474 e. The Bertz CT molecular complexity index is 244. The van der Waals surface area contributed by atoms with Crippen molar-refractivity contribution in [3.63, 3.8) is 0 Å². The van der Waals surface area contributed by atoms with Crippen LogP contribution in [-0.4, -0.2) is 60.8 Å². The zero-order chi connectivity index (χ0) is 11.3. The van der Waals surface area contributed by atoms with Gasteiger partial charge in [-0.2, -0.15) is 0 Å². The van der Waals surface area contributed by atoms with Gasteiger partial charge in [-0.3, -0.25) is 9.69 Å². The highest BCUT2D eigenvalue weighted by atomic mass is 16.5. The molecular weight excluding hydrogens is 200 g/mol. The standard InChI is InChI=1S/C9H16N2O4/c1-2-11-3-4-15-7(6-11)5-10-8(12)9(13)14/h7H,2-6H2,1H3,(H,10,12)(H,13,14). The van der Waals surface area contributed by atoms with E-state index in [1.807, 2.05) is 0 Å². The SMILES string of the molecule is CCN1CCOC(CNC(=O)C(=O)O)C1. The lowest BCUT2D eigenvalue weighted by Crippen LogP contribution is -2.48. The third kappa shape index (κ3) is 3.85. The molecule has 6 heteroatoms. The fourth-order valence-corrected chi connectivity index (χ4v) is 1.47. The molecule has 1 atom stereocenters. The van der Waals surface area contributed by atoms with Crippen LogP contribution >= 0.6 is 0 Å². The maximum absolute atomic E-state index is 10.8. The molecule has 2 N–H and O–H groups in total. The fraction of sp³-hybridized carbons (Fsp3) is 0.778. The van der Waals surface area contributed by atoms with Crippen LogP contribution in [0.25, 0.3) is 0 Å². The minimum absolute atomic E-state index is 0.109. The Labute approximate surface area is 88.2 Å². The Balaban J connectivity index is 2.26. The van der Waals surface area contributed by atoms with Crippen molar-refractivity contribution in [3.8, 4) is 0 Å². The summed E-state index contributed by atoms with van der Waals surface area (Å²) in [4.78, 5) is 23.2. The monoisotopic (exact) mass is 216 g/mol. The molecule has 0 aromatic carbocycles. The number of carboxylic acid groups (broad SMARTS) is 1. The van der Waals surface area contributed by atoms with Crippen molar-refractivity contribution < 1.29 is 19.4 Å². The summed E-state index contributed by atoms with van der Waals surface area (Å²) in [5, 5.41) is 10.7. The van der Waals surface area contributed by atoms with Crippen molar-refractivity contribution in [1.82, 2.24) is 10.2 Å². The van der Waals surface area contributed by atoms with Gasteiger partial charge >= 0.3 is 11.9 Å². The van der Waals surface area contributed by atoms with Gasteiger partial charge in [-0.25, -0.2) is 4.79 Å². The van der Waals surface area contributed by atoms with Crippen LogP contribution in [0.2, 0.25) is 0 Å². The van der Waals surface area contributed by atoms with Crippen LogP contribution in [0.5, 0.6) is 0 Å². The first-order valence-corrected chi connectivity index (χ1v) is 4.98.